The highest BCUT2D eigenvalue weighted by Gasteiger charge is 2.22. The molecule has 104 valence electrons. The number of likely N-dealkylation sites (N-methyl/N-ethyl adjacent to an activating group) is 1. The second kappa shape index (κ2) is 7.69. The third-order valence-corrected chi connectivity index (χ3v) is 2.98. The first kappa shape index (κ1) is 15.4. The van der Waals surface area contributed by atoms with E-state index in [9.17, 15) is 9.59 Å². The Balaban J connectivity index is 2.71. The average molecular weight is 263 g/mol. The third kappa shape index (κ3) is 5.22. The Morgan fingerprint density at radius 1 is 1.21 bits per heavy atom. The number of hydrogen-bond donors (Lipinski definition) is 1. The molecule has 0 radical (unpaired) electrons. The van der Waals surface area contributed by atoms with E-state index in [1.165, 1.54) is 6.92 Å². The molecule has 0 saturated carbocycles. The smallest absolute Gasteiger partial charge is 0.306 e. The van der Waals surface area contributed by atoms with Crippen LogP contribution in [0.4, 0.5) is 0 Å². The van der Waals surface area contributed by atoms with E-state index >= 15 is 0 Å². The molecule has 0 fully saturated rings. The monoisotopic (exact) mass is 263 g/mol. The first-order chi connectivity index (χ1) is 9.04. The Labute approximate surface area is 114 Å². The van der Waals surface area contributed by atoms with Gasteiger partial charge in [0.2, 0.25) is 0 Å². The standard InChI is InChI=1S/C15H21NO3/c1-11(17)9-10-14(18)19-15(12(2)16-3)13-7-5-4-6-8-13/h4-8,12,15-16H,9-10H2,1-3H3/t12-,15-/m0/s1. The fourth-order valence-electron chi connectivity index (χ4n) is 1.73. The number of carbonyl (C=O) groups is 2. The van der Waals surface area contributed by atoms with Crippen LogP contribution in [-0.2, 0) is 14.3 Å². The normalized spacial score (nSPS) is 13.6. The SMILES string of the molecule is CN[C@@H](C)[C@H](OC(=O)CCC(C)=O)c1ccccc1. The fraction of sp³-hybridized carbons (Fsp3) is 0.467. The molecule has 0 aliphatic heterocycles. The van der Waals surface area contributed by atoms with Crippen molar-refractivity contribution in [1.29, 1.82) is 0 Å². The zero-order valence-electron chi connectivity index (χ0n) is 11.7. The molecule has 0 spiro atoms. The molecule has 0 aliphatic carbocycles. The van der Waals surface area contributed by atoms with Crippen molar-refractivity contribution in [3.05, 3.63) is 35.9 Å². The summed E-state index contributed by atoms with van der Waals surface area (Å²) in [6.45, 7) is 3.42. The molecule has 1 aromatic rings. The van der Waals surface area contributed by atoms with Gasteiger partial charge in [0.1, 0.15) is 11.9 Å². The Morgan fingerprint density at radius 2 is 1.84 bits per heavy atom. The number of hydrogen-bond acceptors (Lipinski definition) is 4. The second-order valence-electron chi connectivity index (χ2n) is 4.60. The minimum Gasteiger partial charge on any atom is -0.456 e. The van der Waals surface area contributed by atoms with Crippen molar-refractivity contribution in [3.8, 4) is 0 Å². The van der Waals surface area contributed by atoms with Crippen molar-refractivity contribution < 1.29 is 14.3 Å². The van der Waals surface area contributed by atoms with Crippen molar-refractivity contribution in [2.75, 3.05) is 7.05 Å². The summed E-state index contributed by atoms with van der Waals surface area (Å²) in [6, 6.07) is 9.60. The van der Waals surface area contributed by atoms with Crippen LogP contribution in [0.2, 0.25) is 0 Å². The van der Waals surface area contributed by atoms with Crippen LogP contribution in [0.25, 0.3) is 0 Å². The summed E-state index contributed by atoms with van der Waals surface area (Å²) in [6.07, 6.45) is 0.0225. The summed E-state index contributed by atoms with van der Waals surface area (Å²) in [5.74, 6) is -0.346. The topological polar surface area (TPSA) is 55.4 Å². The number of Topliss-reactive ketones (excluding diaryl/α,β-unsaturated/α-hetero) is 1. The van der Waals surface area contributed by atoms with Gasteiger partial charge in [-0.1, -0.05) is 30.3 Å². The maximum Gasteiger partial charge on any atom is 0.306 e. The zero-order chi connectivity index (χ0) is 14.3. The van der Waals surface area contributed by atoms with Gasteiger partial charge in [-0.3, -0.25) is 4.79 Å². The molecule has 4 nitrogen and oxygen atoms in total. The number of esters is 1. The molecule has 19 heavy (non-hydrogen) atoms. The van der Waals surface area contributed by atoms with Gasteiger partial charge < -0.3 is 14.8 Å². The Hall–Kier alpha value is -1.68. The first-order valence-corrected chi connectivity index (χ1v) is 6.45. The predicted octanol–water partition coefficient (Wildman–Crippen LogP) is 2.25. The molecule has 0 heterocycles. The summed E-state index contributed by atoms with van der Waals surface area (Å²) < 4.78 is 5.49. The Morgan fingerprint density at radius 3 is 2.37 bits per heavy atom. The maximum atomic E-state index is 11.7. The molecule has 0 aromatic heterocycles. The highest BCUT2D eigenvalue weighted by Crippen LogP contribution is 2.22. The molecule has 1 N–H and O–H groups in total. The van der Waals surface area contributed by atoms with Crippen molar-refractivity contribution in [1.82, 2.24) is 5.32 Å². The molecule has 0 saturated heterocycles. The minimum absolute atomic E-state index is 0.00341. The van der Waals surface area contributed by atoms with Crippen LogP contribution >= 0.6 is 0 Å². The Bertz CT molecular complexity index is 417. The van der Waals surface area contributed by atoms with Crippen LogP contribution in [-0.4, -0.2) is 24.8 Å². The summed E-state index contributed by atoms with van der Waals surface area (Å²) in [4.78, 5) is 22.6. The van der Waals surface area contributed by atoms with Gasteiger partial charge >= 0.3 is 5.97 Å². The van der Waals surface area contributed by atoms with Gasteiger partial charge in [0, 0.05) is 12.5 Å². The molecule has 1 rings (SSSR count). The Kier molecular flexibility index (Phi) is 6.22. The zero-order valence-corrected chi connectivity index (χ0v) is 11.7. The number of rotatable bonds is 7. The molecule has 0 amide bonds. The van der Waals surface area contributed by atoms with Gasteiger partial charge in [-0.15, -0.1) is 0 Å². The van der Waals surface area contributed by atoms with Crippen LogP contribution in [0, 0.1) is 0 Å². The van der Waals surface area contributed by atoms with Crippen molar-refractivity contribution in [3.63, 3.8) is 0 Å². The number of carbonyl (C=O) groups excluding carboxylic acids is 2. The van der Waals surface area contributed by atoms with E-state index < -0.39 is 0 Å². The van der Waals surface area contributed by atoms with E-state index in [1.807, 2.05) is 44.3 Å². The molecule has 4 heteroatoms. The summed E-state index contributed by atoms with van der Waals surface area (Å²) in [7, 11) is 1.82. The molecule has 0 aliphatic rings. The molecular weight excluding hydrogens is 242 g/mol. The molecule has 0 bridgehead atoms. The lowest BCUT2D eigenvalue weighted by atomic mass is 10.0. The first-order valence-electron chi connectivity index (χ1n) is 6.45. The van der Waals surface area contributed by atoms with Crippen molar-refractivity contribution >= 4 is 11.8 Å². The number of nitrogens with one attached hydrogen (secondary N) is 1. The third-order valence-electron chi connectivity index (χ3n) is 2.98. The number of benzene rings is 1. The quantitative estimate of drug-likeness (QED) is 0.767. The van der Waals surface area contributed by atoms with Gasteiger partial charge in [0.05, 0.1) is 6.42 Å². The van der Waals surface area contributed by atoms with Crippen LogP contribution in [0.5, 0.6) is 0 Å². The van der Waals surface area contributed by atoms with E-state index in [1.54, 1.807) is 0 Å². The van der Waals surface area contributed by atoms with Crippen molar-refractivity contribution in [2.24, 2.45) is 0 Å². The average Bonchev–Trinajstić information content (AvgIpc) is 2.42. The van der Waals surface area contributed by atoms with Gasteiger partial charge in [-0.2, -0.15) is 0 Å². The van der Waals surface area contributed by atoms with Crippen LogP contribution in [0.1, 0.15) is 38.4 Å². The fourth-order valence-corrected chi connectivity index (χ4v) is 1.73. The van der Waals surface area contributed by atoms with E-state index in [0.29, 0.717) is 0 Å². The summed E-state index contributed by atoms with van der Waals surface area (Å²) >= 11 is 0. The number of ketones is 1. The van der Waals surface area contributed by atoms with E-state index in [-0.39, 0.29) is 36.7 Å². The predicted molar refractivity (Wildman–Crippen MR) is 73.7 cm³/mol. The molecule has 0 unspecified atom stereocenters. The lowest BCUT2D eigenvalue weighted by Gasteiger charge is -2.24. The highest BCUT2D eigenvalue weighted by molar-refractivity contribution is 5.81. The molecular formula is C15H21NO3. The van der Waals surface area contributed by atoms with E-state index in [2.05, 4.69) is 5.32 Å². The molecule has 2 atom stereocenters. The van der Waals surface area contributed by atoms with Crippen LogP contribution in [0.15, 0.2) is 30.3 Å². The number of ether oxygens (including phenoxy) is 1. The summed E-state index contributed by atoms with van der Waals surface area (Å²) in [5.41, 5.74) is 0.945. The van der Waals surface area contributed by atoms with Crippen LogP contribution < -0.4 is 5.32 Å². The lowest BCUT2D eigenvalue weighted by Crippen LogP contribution is -2.32. The van der Waals surface area contributed by atoms with E-state index in [0.717, 1.165) is 5.56 Å². The van der Waals surface area contributed by atoms with E-state index in [4.69, 9.17) is 4.74 Å². The largest absolute Gasteiger partial charge is 0.456 e. The minimum atomic E-state index is -0.342. The van der Waals surface area contributed by atoms with Crippen LogP contribution in [0.3, 0.4) is 0 Å². The summed E-state index contributed by atoms with van der Waals surface area (Å²) in [5, 5.41) is 3.09. The van der Waals surface area contributed by atoms with Gasteiger partial charge in [0.25, 0.3) is 0 Å². The van der Waals surface area contributed by atoms with Gasteiger partial charge in [-0.05, 0) is 26.5 Å². The van der Waals surface area contributed by atoms with Gasteiger partial charge in [-0.25, -0.2) is 0 Å². The second-order valence-corrected chi connectivity index (χ2v) is 4.60. The van der Waals surface area contributed by atoms with Gasteiger partial charge in [0.15, 0.2) is 0 Å². The van der Waals surface area contributed by atoms with Crippen molar-refractivity contribution in [2.45, 2.75) is 38.8 Å². The maximum absolute atomic E-state index is 11.7. The molecule has 1 aromatic carbocycles. The highest BCUT2D eigenvalue weighted by atomic mass is 16.5. The lowest BCUT2D eigenvalue weighted by molar-refractivity contribution is -0.151.